The third kappa shape index (κ3) is 3.33. The summed E-state index contributed by atoms with van der Waals surface area (Å²) in [7, 11) is 0. The van der Waals surface area contributed by atoms with Gasteiger partial charge >= 0.3 is 5.69 Å². The zero-order chi connectivity index (χ0) is 12.8. The number of H-pyrrole nitrogens is 1. The SMILES string of the molecule is CCN(CCn1cccn1)CCn1cc[nH]c1=O. The monoisotopic (exact) mass is 249 g/mol. The number of likely N-dealkylation sites (N-methyl/N-ethyl adjacent to an activating group) is 1. The molecule has 6 nitrogen and oxygen atoms in total. The molecule has 1 N–H and O–H groups in total. The number of nitrogens with zero attached hydrogens (tertiary/aromatic N) is 4. The molecule has 0 saturated heterocycles. The number of imidazole rings is 1. The molecule has 2 aromatic heterocycles. The molecule has 0 radical (unpaired) electrons. The molecule has 2 heterocycles. The average molecular weight is 249 g/mol. The van der Waals surface area contributed by atoms with Gasteiger partial charge in [-0.25, -0.2) is 4.79 Å². The van der Waals surface area contributed by atoms with Crippen LogP contribution in [-0.2, 0) is 13.1 Å². The van der Waals surface area contributed by atoms with Crippen LogP contribution in [0.1, 0.15) is 6.92 Å². The third-order valence-electron chi connectivity index (χ3n) is 3.03. The van der Waals surface area contributed by atoms with Crippen molar-refractivity contribution in [3.63, 3.8) is 0 Å². The number of rotatable bonds is 7. The van der Waals surface area contributed by atoms with E-state index in [2.05, 4.69) is 21.9 Å². The minimum absolute atomic E-state index is 0.0434. The second kappa shape index (κ2) is 6.20. The molecule has 0 aliphatic rings. The first-order chi connectivity index (χ1) is 8.79. The molecule has 98 valence electrons. The molecule has 0 spiro atoms. The third-order valence-corrected chi connectivity index (χ3v) is 3.03. The van der Waals surface area contributed by atoms with Gasteiger partial charge in [0.15, 0.2) is 0 Å². The van der Waals surface area contributed by atoms with Crippen LogP contribution in [0.25, 0.3) is 0 Å². The van der Waals surface area contributed by atoms with Crippen LogP contribution in [0.15, 0.2) is 35.6 Å². The van der Waals surface area contributed by atoms with Gasteiger partial charge in [0.1, 0.15) is 0 Å². The van der Waals surface area contributed by atoms with Crippen LogP contribution in [0.5, 0.6) is 0 Å². The minimum atomic E-state index is -0.0434. The fourth-order valence-corrected chi connectivity index (χ4v) is 1.88. The van der Waals surface area contributed by atoms with Gasteiger partial charge in [-0.1, -0.05) is 6.92 Å². The number of aromatic nitrogens is 4. The first-order valence-electron chi connectivity index (χ1n) is 6.23. The average Bonchev–Trinajstić information content (AvgIpc) is 3.01. The largest absolute Gasteiger partial charge is 0.325 e. The highest BCUT2D eigenvalue weighted by Gasteiger charge is 2.04. The first-order valence-corrected chi connectivity index (χ1v) is 6.23. The van der Waals surface area contributed by atoms with E-state index in [9.17, 15) is 4.79 Å². The van der Waals surface area contributed by atoms with Crippen LogP contribution in [0, 0.1) is 0 Å². The second-order valence-corrected chi connectivity index (χ2v) is 4.16. The number of hydrogen-bond donors (Lipinski definition) is 1. The van der Waals surface area contributed by atoms with Gasteiger partial charge in [0.2, 0.25) is 0 Å². The molecule has 0 saturated carbocycles. The van der Waals surface area contributed by atoms with Crippen molar-refractivity contribution < 1.29 is 0 Å². The van der Waals surface area contributed by atoms with Gasteiger partial charge in [-0.3, -0.25) is 14.1 Å². The smallest absolute Gasteiger partial charge is 0.313 e. The summed E-state index contributed by atoms with van der Waals surface area (Å²) >= 11 is 0. The Kier molecular flexibility index (Phi) is 4.35. The van der Waals surface area contributed by atoms with Crippen molar-refractivity contribution in [1.82, 2.24) is 24.2 Å². The lowest BCUT2D eigenvalue weighted by atomic mass is 10.4. The summed E-state index contributed by atoms with van der Waals surface area (Å²) < 4.78 is 3.61. The lowest BCUT2D eigenvalue weighted by Gasteiger charge is -2.20. The molecule has 18 heavy (non-hydrogen) atoms. The standard InChI is InChI=1S/C12H19N5O/c1-2-15(9-11-17-6-3-4-14-17)8-10-16-7-5-13-12(16)18/h3-7H,2,8-11H2,1H3,(H,13,18). The predicted molar refractivity (Wildman–Crippen MR) is 69.4 cm³/mol. The summed E-state index contributed by atoms with van der Waals surface area (Å²) in [5.41, 5.74) is -0.0434. The van der Waals surface area contributed by atoms with E-state index in [1.807, 2.05) is 16.9 Å². The number of hydrogen-bond acceptors (Lipinski definition) is 3. The van der Waals surface area contributed by atoms with E-state index in [4.69, 9.17) is 0 Å². The molecule has 6 heteroatoms. The van der Waals surface area contributed by atoms with E-state index in [0.29, 0.717) is 0 Å². The van der Waals surface area contributed by atoms with Crippen molar-refractivity contribution in [3.8, 4) is 0 Å². The Hall–Kier alpha value is -1.82. The van der Waals surface area contributed by atoms with Gasteiger partial charge in [0, 0.05) is 44.4 Å². The molecular formula is C12H19N5O. The van der Waals surface area contributed by atoms with Crippen LogP contribution in [-0.4, -0.2) is 43.9 Å². The van der Waals surface area contributed by atoms with Crippen molar-refractivity contribution in [2.45, 2.75) is 20.0 Å². The fraction of sp³-hybridized carbons (Fsp3) is 0.500. The normalized spacial score (nSPS) is 11.2. The summed E-state index contributed by atoms with van der Waals surface area (Å²) in [6.45, 7) is 6.51. The summed E-state index contributed by atoms with van der Waals surface area (Å²) in [4.78, 5) is 16.3. The Morgan fingerprint density at radius 1 is 1.33 bits per heavy atom. The molecule has 2 rings (SSSR count). The van der Waals surface area contributed by atoms with Crippen molar-refractivity contribution in [2.24, 2.45) is 0 Å². The van der Waals surface area contributed by atoms with Crippen LogP contribution in [0.2, 0.25) is 0 Å². The highest BCUT2D eigenvalue weighted by molar-refractivity contribution is 4.78. The van der Waals surface area contributed by atoms with Crippen molar-refractivity contribution in [3.05, 3.63) is 41.3 Å². The van der Waals surface area contributed by atoms with E-state index < -0.39 is 0 Å². The van der Waals surface area contributed by atoms with E-state index in [-0.39, 0.29) is 5.69 Å². The molecule has 0 aromatic carbocycles. The summed E-state index contributed by atoms with van der Waals surface area (Å²) in [5, 5.41) is 4.18. The molecule has 0 aliphatic carbocycles. The maximum absolute atomic E-state index is 11.3. The molecule has 0 fully saturated rings. The Morgan fingerprint density at radius 2 is 2.17 bits per heavy atom. The Bertz CT molecular complexity index is 499. The van der Waals surface area contributed by atoms with Gasteiger partial charge in [0.25, 0.3) is 0 Å². The molecule has 0 aliphatic heterocycles. The van der Waals surface area contributed by atoms with Gasteiger partial charge in [-0.05, 0) is 12.6 Å². The van der Waals surface area contributed by atoms with Crippen molar-refractivity contribution in [2.75, 3.05) is 19.6 Å². The zero-order valence-corrected chi connectivity index (χ0v) is 10.6. The molecule has 0 unspecified atom stereocenters. The van der Waals surface area contributed by atoms with Crippen LogP contribution in [0.4, 0.5) is 0 Å². The topological polar surface area (TPSA) is 58.9 Å². The van der Waals surface area contributed by atoms with Gasteiger partial charge < -0.3 is 4.98 Å². The summed E-state index contributed by atoms with van der Waals surface area (Å²) in [6.07, 6.45) is 7.20. The molecular weight excluding hydrogens is 230 g/mol. The summed E-state index contributed by atoms with van der Waals surface area (Å²) in [6, 6.07) is 1.93. The maximum atomic E-state index is 11.3. The highest BCUT2D eigenvalue weighted by Crippen LogP contribution is 1.93. The Labute approximate surface area is 106 Å². The second-order valence-electron chi connectivity index (χ2n) is 4.16. The van der Waals surface area contributed by atoms with Gasteiger partial charge in [-0.2, -0.15) is 5.10 Å². The van der Waals surface area contributed by atoms with E-state index in [0.717, 1.165) is 32.7 Å². The van der Waals surface area contributed by atoms with Crippen LogP contribution >= 0.6 is 0 Å². The number of aromatic amines is 1. The molecule has 0 bridgehead atoms. The van der Waals surface area contributed by atoms with Crippen molar-refractivity contribution in [1.29, 1.82) is 0 Å². The van der Waals surface area contributed by atoms with Gasteiger partial charge in [-0.15, -0.1) is 0 Å². The van der Waals surface area contributed by atoms with Crippen molar-refractivity contribution >= 4 is 0 Å². The molecule has 2 aromatic rings. The Morgan fingerprint density at radius 3 is 2.78 bits per heavy atom. The highest BCUT2D eigenvalue weighted by atomic mass is 16.1. The van der Waals surface area contributed by atoms with E-state index >= 15 is 0 Å². The lowest BCUT2D eigenvalue weighted by molar-refractivity contribution is 0.260. The molecule has 0 atom stereocenters. The summed E-state index contributed by atoms with van der Waals surface area (Å²) in [5.74, 6) is 0. The fourth-order valence-electron chi connectivity index (χ4n) is 1.88. The number of nitrogens with one attached hydrogen (secondary N) is 1. The minimum Gasteiger partial charge on any atom is -0.313 e. The van der Waals surface area contributed by atoms with Crippen LogP contribution in [0.3, 0.4) is 0 Å². The zero-order valence-electron chi connectivity index (χ0n) is 10.6. The van der Waals surface area contributed by atoms with E-state index in [1.165, 1.54) is 0 Å². The Balaban J connectivity index is 1.79. The molecule has 0 amide bonds. The predicted octanol–water partition coefficient (Wildman–Crippen LogP) is 0.395. The van der Waals surface area contributed by atoms with E-state index in [1.54, 1.807) is 23.2 Å². The van der Waals surface area contributed by atoms with Gasteiger partial charge in [0.05, 0.1) is 6.54 Å². The van der Waals surface area contributed by atoms with Crippen LogP contribution < -0.4 is 5.69 Å². The first kappa shape index (κ1) is 12.6. The maximum Gasteiger partial charge on any atom is 0.325 e. The lowest BCUT2D eigenvalue weighted by Crippen LogP contribution is -2.32. The quantitative estimate of drug-likeness (QED) is 0.772.